The van der Waals surface area contributed by atoms with E-state index in [2.05, 4.69) is 16.6 Å². The van der Waals surface area contributed by atoms with Gasteiger partial charge in [-0.15, -0.1) is 6.42 Å². The summed E-state index contributed by atoms with van der Waals surface area (Å²) in [6.45, 7) is -0.408. The fourth-order valence-corrected chi connectivity index (χ4v) is 1.40. The lowest BCUT2D eigenvalue weighted by molar-refractivity contribution is -0.137. The van der Waals surface area contributed by atoms with Crippen molar-refractivity contribution < 1.29 is 19.5 Å². The lowest BCUT2D eigenvalue weighted by atomic mass is 10.4. The predicted octanol–water partition coefficient (Wildman–Crippen LogP) is -0.615. The van der Waals surface area contributed by atoms with Crippen LogP contribution in [0.15, 0.2) is 0 Å². The van der Waals surface area contributed by atoms with Crippen molar-refractivity contribution in [1.82, 2.24) is 15.5 Å². The molecule has 1 aliphatic rings. The molecule has 0 aromatic heterocycles. The van der Waals surface area contributed by atoms with Gasteiger partial charge in [0, 0.05) is 19.0 Å². The largest absolute Gasteiger partial charge is 0.480 e. The van der Waals surface area contributed by atoms with Gasteiger partial charge in [0.15, 0.2) is 0 Å². The number of nitrogens with zero attached hydrogens (tertiary/aromatic N) is 1. The van der Waals surface area contributed by atoms with E-state index in [4.69, 9.17) is 11.5 Å². The maximum atomic E-state index is 11.6. The fourth-order valence-electron chi connectivity index (χ4n) is 1.40. The van der Waals surface area contributed by atoms with Gasteiger partial charge < -0.3 is 20.6 Å². The van der Waals surface area contributed by atoms with Crippen LogP contribution in [0, 0.1) is 12.3 Å². The third kappa shape index (κ3) is 6.31. The van der Waals surface area contributed by atoms with Crippen molar-refractivity contribution in [1.29, 1.82) is 0 Å². The molecule has 0 radical (unpaired) electrons. The number of rotatable bonds is 7. The van der Waals surface area contributed by atoms with Crippen molar-refractivity contribution in [3.05, 3.63) is 0 Å². The SMILES string of the molecule is C#CCN(CC(=O)O)C(=O)NCCC(=O)NC1CC1. The average Bonchev–Trinajstić information content (AvgIpc) is 3.11. The zero-order chi connectivity index (χ0) is 14.3. The maximum Gasteiger partial charge on any atom is 0.323 e. The number of terminal acetylenes is 1. The van der Waals surface area contributed by atoms with Crippen molar-refractivity contribution in [3.63, 3.8) is 0 Å². The third-order valence-corrected chi connectivity index (χ3v) is 2.47. The normalized spacial score (nSPS) is 13.2. The molecule has 0 aromatic rings. The molecule has 0 spiro atoms. The van der Waals surface area contributed by atoms with Crippen molar-refractivity contribution in [2.75, 3.05) is 19.6 Å². The van der Waals surface area contributed by atoms with Crippen LogP contribution in [0.25, 0.3) is 0 Å². The molecule has 0 aliphatic heterocycles. The first kappa shape index (κ1) is 14.8. The lowest BCUT2D eigenvalue weighted by Crippen LogP contribution is -2.44. The summed E-state index contributed by atoms with van der Waals surface area (Å²) in [6, 6.07) is -0.298. The van der Waals surface area contributed by atoms with E-state index in [0.717, 1.165) is 17.7 Å². The van der Waals surface area contributed by atoms with Gasteiger partial charge in [0.1, 0.15) is 6.54 Å². The summed E-state index contributed by atoms with van der Waals surface area (Å²) in [4.78, 5) is 34.5. The molecule has 1 saturated carbocycles. The Hall–Kier alpha value is -2.23. The summed E-state index contributed by atoms with van der Waals surface area (Å²) < 4.78 is 0. The fraction of sp³-hybridized carbons (Fsp3) is 0.583. The Bertz CT molecular complexity index is 398. The molecule has 104 valence electrons. The van der Waals surface area contributed by atoms with Crippen LogP contribution < -0.4 is 10.6 Å². The Balaban J connectivity index is 2.24. The van der Waals surface area contributed by atoms with E-state index in [9.17, 15) is 14.4 Å². The Kier molecular flexibility index (Phi) is 5.67. The molecule has 0 aromatic carbocycles. The molecular weight excluding hydrogens is 250 g/mol. The van der Waals surface area contributed by atoms with Gasteiger partial charge in [-0.05, 0) is 12.8 Å². The monoisotopic (exact) mass is 267 g/mol. The number of nitrogens with one attached hydrogen (secondary N) is 2. The highest BCUT2D eigenvalue weighted by atomic mass is 16.4. The summed E-state index contributed by atoms with van der Waals surface area (Å²) in [5.74, 6) is 0.948. The minimum Gasteiger partial charge on any atom is -0.480 e. The number of carbonyl (C=O) groups excluding carboxylic acids is 2. The van der Waals surface area contributed by atoms with E-state index in [-0.39, 0.29) is 31.5 Å². The van der Waals surface area contributed by atoms with Crippen LogP contribution in [0.2, 0.25) is 0 Å². The second-order valence-electron chi connectivity index (χ2n) is 4.28. The van der Waals surface area contributed by atoms with Crippen LogP contribution in [0.1, 0.15) is 19.3 Å². The minimum atomic E-state index is -1.14. The number of aliphatic carboxylic acids is 1. The van der Waals surface area contributed by atoms with Crippen LogP contribution in [0.5, 0.6) is 0 Å². The summed E-state index contributed by atoms with van der Waals surface area (Å²) in [6.07, 6.45) is 7.23. The van der Waals surface area contributed by atoms with Gasteiger partial charge in [-0.3, -0.25) is 9.59 Å². The molecule has 0 unspecified atom stereocenters. The Morgan fingerprint density at radius 2 is 2.05 bits per heavy atom. The molecule has 3 N–H and O–H groups in total. The summed E-state index contributed by atoms with van der Waals surface area (Å²) in [7, 11) is 0. The van der Waals surface area contributed by atoms with Crippen LogP contribution in [0.3, 0.4) is 0 Å². The Morgan fingerprint density at radius 1 is 1.37 bits per heavy atom. The number of carbonyl (C=O) groups is 3. The summed E-state index contributed by atoms with van der Waals surface area (Å²) >= 11 is 0. The van der Waals surface area contributed by atoms with Crippen LogP contribution in [0.4, 0.5) is 4.79 Å². The Labute approximate surface area is 111 Å². The average molecular weight is 267 g/mol. The van der Waals surface area contributed by atoms with Crippen molar-refractivity contribution in [2.45, 2.75) is 25.3 Å². The summed E-state index contributed by atoms with van der Waals surface area (Å²) in [5.41, 5.74) is 0. The molecule has 0 bridgehead atoms. The van der Waals surface area contributed by atoms with Gasteiger partial charge in [-0.2, -0.15) is 0 Å². The van der Waals surface area contributed by atoms with Gasteiger partial charge in [-0.1, -0.05) is 5.92 Å². The molecular formula is C12H17N3O4. The molecule has 0 saturated heterocycles. The van der Waals surface area contributed by atoms with Crippen molar-refractivity contribution in [3.8, 4) is 12.3 Å². The molecule has 1 rings (SSSR count). The zero-order valence-corrected chi connectivity index (χ0v) is 10.5. The van der Waals surface area contributed by atoms with Gasteiger partial charge in [0.2, 0.25) is 5.91 Å². The number of hydrogen-bond acceptors (Lipinski definition) is 3. The molecule has 3 amide bonds. The lowest BCUT2D eigenvalue weighted by Gasteiger charge is -2.18. The maximum absolute atomic E-state index is 11.6. The van der Waals surface area contributed by atoms with Crippen LogP contribution in [-0.2, 0) is 9.59 Å². The number of carboxylic acid groups (broad SMARTS) is 1. The first-order valence-corrected chi connectivity index (χ1v) is 6.00. The number of urea groups is 1. The molecule has 0 heterocycles. The molecule has 7 nitrogen and oxygen atoms in total. The zero-order valence-electron chi connectivity index (χ0n) is 10.5. The van der Waals surface area contributed by atoms with Crippen LogP contribution >= 0.6 is 0 Å². The van der Waals surface area contributed by atoms with E-state index >= 15 is 0 Å². The standard InChI is InChI=1S/C12H17N3O4/c1-2-7-15(8-11(17)18)12(19)13-6-5-10(16)14-9-3-4-9/h1,9H,3-8H2,(H,13,19)(H,14,16)(H,17,18). The number of amides is 3. The first-order chi connectivity index (χ1) is 9.02. The minimum absolute atomic E-state index is 0.0909. The van der Waals surface area contributed by atoms with Gasteiger partial charge >= 0.3 is 12.0 Å². The van der Waals surface area contributed by atoms with E-state index in [0.29, 0.717) is 0 Å². The Morgan fingerprint density at radius 3 is 2.58 bits per heavy atom. The van der Waals surface area contributed by atoms with E-state index < -0.39 is 18.5 Å². The second kappa shape index (κ2) is 7.26. The first-order valence-electron chi connectivity index (χ1n) is 6.00. The smallest absolute Gasteiger partial charge is 0.323 e. The van der Waals surface area contributed by atoms with E-state index in [1.54, 1.807) is 0 Å². The second-order valence-corrected chi connectivity index (χ2v) is 4.28. The molecule has 1 fully saturated rings. The molecule has 7 heteroatoms. The van der Waals surface area contributed by atoms with Crippen LogP contribution in [-0.4, -0.2) is 53.6 Å². The molecule has 0 atom stereocenters. The van der Waals surface area contributed by atoms with Gasteiger partial charge in [-0.25, -0.2) is 4.79 Å². The highest BCUT2D eigenvalue weighted by Crippen LogP contribution is 2.18. The third-order valence-electron chi connectivity index (χ3n) is 2.47. The predicted molar refractivity (Wildman–Crippen MR) is 67.2 cm³/mol. The molecule has 1 aliphatic carbocycles. The highest BCUT2D eigenvalue weighted by molar-refractivity contribution is 5.81. The van der Waals surface area contributed by atoms with Crippen molar-refractivity contribution in [2.24, 2.45) is 0 Å². The topological polar surface area (TPSA) is 98.7 Å². The van der Waals surface area contributed by atoms with Gasteiger partial charge in [0.25, 0.3) is 0 Å². The highest BCUT2D eigenvalue weighted by Gasteiger charge is 2.23. The molecule has 19 heavy (non-hydrogen) atoms. The quantitative estimate of drug-likeness (QED) is 0.536. The number of carboxylic acids is 1. The van der Waals surface area contributed by atoms with E-state index in [1.807, 2.05) is 0 Å². The van der Waals surface area contributed by atoms with Gasteiger partial charge in [0.05, 0.1) is 6.54 Å². The van der Waals surface area contributed by atoms with E-state index in [1.165, 1.54) is 0 Å². The summed E-state index contributed by atoms with van der Waals surface area (Å²) in [5, 5.41) is 13.9. The van der Waals surface area contributed by atoms with Crippen molar-refractivity contribution >= 4 is 17.9 Å². The number of hydrogen-bond donors (Lipinski definition) is 3.